The first-order valence-corrected chi connectivity index (χ1v) is 8.80. The smallest absolute Gasteiger partial charge is 0.177 e. The molecule has 1 aliphatic heterocycles. The van der Waals surface area contributed by atoms with Crippen LogP contribution in [0.15, 0.2) is 42.0 Å². The lowest BCUT2D eigenvalue weighted by atomic mass is 9.97. The van der Waals surface area contributed by atoms with Crippen LogP contribution >= 0.6 is 12.2 Å². The summed E-state index contributed by atoms with van der Waals surface area (Å²) in [6.45, 7) is 4.07. The van der Waals surface area contributed by atoms with Crippen LogP contribution < -0.4 is 10.2 Å². The van der Waals surface area contributed by atoms with Gasteiger partial charge in [-0.3, -0.25) is 4.90 Å². The van der Waals surface area contributed by atoms with Crippen LogP contribution in [0.3, 0.4) is 0 Å². The first-order valence-electron chi connectivity index (χ1n) is 8.39. The molecule has 1 aromatic carbocycles. The first-order chi connectivity index (χ1) is 10.8. The van der Waals surface area contributed by atoms with Crippen LogP contribution in [0, 0.1) is 0 Å². The van der Waals surface area contributed by atoms with Gasteiger partial charge in [0, 0.05) is 6.42 Å². The molecule has 3 nitrogen and oxygen atoms in total. The van der Waals surface area contributed by atoms with Gasteiger partial charge in [0.1, 0.15) is 0 Å². The molecule has 0 spiro atoms. The molecule has 1 heterocycles. The van der Waals surface area contributed by atoms with Gasteiger partial charge in [0.15, 0.2) is 18.4 Å². The second kappa shape index (κ2) is 7.75. The highest BCUT2D eigenvalue weighted by atomic mass is 32.1. The monoisotopic (exact) mass is 316 g/mol. The van der Waals surface area contributed by atoms with Crippen molar-refractivity contribution in [3.8, 4) is 0 Å². The lowest BCUT2D eigenvalue weighted by Crippen LogP contribution is -3.17. The van der Waals surface area contributed by atoms with E-state index < -0.39 is 0 Å². The second-order valence-electron chi connectivity index (χ2n) is 6.36. The van der Waals surface area contributed by atoms with E-state index in [2.05, 4.69) is 46.6 Å². The zero-order valence-corrected chi connectivity index (χ0v) is 14.0. The van der Waals surface area contributed by atoms with Crippen LogP contribution in [0.1, 0.15) is 37.7 Å². The summed E-state index contributed by atoms with van der Waals surface area (Å²) in [5.41, 5.74) is 2.99. The fourth-order valence-electron chi connectivity index (χ4n) is 3.28. The van der Waals surface area contributed by atoms with Gasteiger partial charge in [-0.15, -0.1) is 0 Å². The topological polar surface area (TPSA) is 19.7 Å². The number of allylic oxidation sites excluding steroid dienone is 1. The summed E-state index contributed by atoms with van der Waals surface area (Å²) >= 11 is 5.48. The molecule has 118 valence electrons. The van der Waals surface area contributed by atoms with Gasteiger partial charge < -0.3 is 10.2 Å². The van der Waals surface area contributed by atoms with Gasteiger partial charge >= 0.3 is 0 Å². The predicted molar refractivity (Wildman–Crippen MR) is 94.5 cm³/mol. The number of quaternary nitrogens is 1. The highest BCUT2D eigenvalue weighted by Gasteiger charge is 2.23. The van der Waals surface area contributed by atoms with Crippen LogP contribution in [-0.4, -0.2) is 29.9 Å². The number of rotatable bonds is 5. The maximum absolute atomic E-state index is 5.48. The highest BCUT2D eigenvalue weighted by molar-refractivity contribution is 7.80. The van der Waals surface area contributed by atoms with Crippen LogP contribution in [-0.2, 0) is 6.54 Å². The summed E-state index contributed by atoms with van der Waals surface area (Å²) in [5, 5.41) is 4.28. The molecule has 22 heavy (non-hydrogen) atoms. The van der Waals surface area contributed by atoms with Crippen molar-refractivity contribution in [3.05, 3.63) is 47.5 Å². The van der Waals surface area contributed by atoms with Crippen LogP contribution in [0.2, 0.25) is 0 Å². The molecule has 1 saturated heterocycles. The molecule has 1 aromatic rings. The minimum absolute atomic E-state index is 0.893. The lowest BCUT2D eigenvalue weighted by molar-refractivity contribution is -0.914. The standard InChI is InChI=1S/C18H25N3S/c22-18-19-14-20(12-11-16-7-3-1-4-8-16)15-21(18)13-17-9-5-2-6-10-17/h2,5-7,9-10H,1,3-4,8,11-15H2,(H,19,22)/p+1. The molecule has 4 heteroatoms. The Hall–Kier alpha value is -1.39. The van der Waals surface area contributed by atoms with E-state index in [-0.39, 0.29) is 0 Å². The second-order valence-corrected chi connectivity index (χ2v) is 6.75. The molecule has 0 amide bonds. The van der Waals surface area contributed by atoms with Gasteiger partial charge in [-0.05, 0) is 43.5 Å². The predicted octanol–water partition coefficient (Wildman–Crippen LogP) is 2.07. The number of benzene rings is 1. The summed E-state index contributed by atoms with van der Waals surface area (Å²) in [4.78, 5) is 3.87. The molecule has 0 aromatic heterocycles. The van der Waals surface area contributed by atoms with Gasteiger partial charge in [-0.1, -0.05) is 42.0 Å². The van der Waals surface area contributed by atoms with E-state index in [0.717, 1.165) is 25.0 Å². The Morgan fingerprint density at radius 1 is 1.18 bits per heavy atom. The molecule has 1 atom stereocenters. The minimum Gasteiger partial charge on any atom is -0.316 e. The van der Waals surface area contributed by atoms with Gasteiger partial charge in [-0.2, -0.15) is 0 Å². The number of hydrogen-bond acceptors (Lipinski definition) is 1. The summed E-state index contributed by atoms with van der Waals surface area (Å²) in [7, 11) is 0. The normalized spacial score (nSPS) is 22.2. The van der Waals surface area contributed by atoms with Crippen molar-refractivity contribution in [1.82, 2.24) is 10.2 Å². The Kier molecular flexibility index (Phi) is 5.46. The van der Waals surface area contributed by atoms with Gasteiger partial charge in [0.25, 0.3) is 0 Å². The average Bonchev–Trinajstić information content (AvgIpc) is 2.57. The summed E-state index contributed by atoms with van der Waals surface area (Å²) < 4.78 is 0. The molecule has 0 bridgehead atoms. The number of thiocarbonyl (C=S) groups is 1. The van der Waals surface area contributed by atoms with Crippen molar-refractivity contribution < 1.29 is 4.90 Å². The zero-order chi connectivity index (χ0) is 15.2. The first kappa shape index (κ1) is 15.5. The van der Waals surface area contributed by atoms with Crippen molar-refractivity contribution in [2.24, 2.45) is 0 Å². The molecular formula is C18H26N3S+. The molecule has 0 radical (unpaired) electrons. The maximum Gasteiger partial charge on any atom is 0.177 e. The Bertz CT molecular complexity index is 526. The van der Waals surface area contributed by atoms with Gasteiger partial charge in [0.05, 0.1) is 13.1 Å². The number of nitrogens with one attached hydrogen (secondary N) is 2. The molecule has 2 N–H and O–H groups in total. The fourth-order valence-corrected chi connectivity index (χ4v) is 3.48. The van der Waals surface area contributed by atoms with Crippen molar-refractivity contribution >= 4 is 17.3 Å². The number of hydrogen-bond donors (Lipinski definition) is 2. The third-order valence-electron chi connectivity index (χ3n) is 4.59. The molecule has 3 rings (SSSR count). The fraction of sp³-hybridized carbons (Fsp3) is 0.500. The Labute approximate surface area is 139 Å². The van der Waals surface area contributed by atoms with Crippen LogP contribution in [0.4, 0.5) is 0 Å². The molecule has 0 saturated carbocycles. The highest BCUT2D eigenvalue weighted by Crippen LogP contribution is 2.19. The van der Waals surface area contributed by atoms with E-state index in [4.69, 9.17) is 12.2 Å². The molecule has 1 unspecified atom stereocenters. The molecule has 2 aliphatic rings. The van der Waals surface area contributed by atoms with E-state index in [9.17, 15) is 0 Å². The average molecular weight is 316 g/mol. The molecule has 1 aliphatic carbocycles. The summed E-state index contributed by atoms with van der Waals surface area (Å²) in [6, 6.07) is 10.6. The summed E-state index contributed by atoms with van der Waals surface area (Å²) in [5.74, 6) is 0. The van der Waals surface area contributed by atoms with Crippen LogP contribution in [0.5, 0.6) is 0 Å². The zero-order valence-electron chi connectivity index (χ0n) is 13.2. The minimum atomic E-state index is 0.893. The van der Waals surface area contributed by atoms with E-state index in [1.165, 1.54) is 44.2 Å². The van der Waals surface area contributed by atoms with Crippen molar-refractivity contribution in [3.63, 3.8) is 0 Å². The Morgan fingerprint density at radius 2 is 2.05 bits per heavy atom. The van der Waals surface area contributed by atoms with E-state index in [1.54, 1.807) is 10.5 Å². The van der Waals surface area contributed by atoms with Gasteiger partial charge in [0.2, 0.25) is 0 Å². The lowest BCUT2D eigenvalue weighted by Gasteiger charge is -2.35. The van der Waals surface area contributed by atoms with Crippen molar-refractivity contribution in [2.45, 2.75) is 38.6 Å². The van der Waals surface area contributed by atoms with E-state index in [0.29, 0.717) is 0 Å². The molecule has 1 fully saturated rings. The largest absolute Gasteiger partial charge is 0.316 e. The Balaban J connectivity index is 1.52. The van der Waals surface area contributed by atoms with E-state index in [1.807, 2.05) is 0 Å². The summed E-state index contributed by atoms with van der Waals surface area (Å²) in [6.07, 6.45) is 9.06. The third kappa shape index (κ3) is 4.31. The van der Waals surface area contributed by atoms with Crippen LogP contribution in [0.25, 0.3) is 0 Å². The maximum atomic E-state index is 5.48. The quantitative estimate of drug-likeness (QED) is 0.641. The third-order valence-corrected chi connectivity index (χ3v) is 4.99. The van der Waals surface area contributed by atoms with Gasteiger partial charge in [-0.25, -0.2) is 0 Å². The SMILES string of the molecule is S=C1NC[NH+](CCC2=CCCCC2)CN1Cc1ccccc1. The van der Waals surface area contributed by atoms with Crippen molar-refractivity contribution in [2.75, 3.05) is 19.9 Å². The Morgan fingerprint density at radius 3 is 2.82 bits per heavy atom. The number of nitrogens with zero attached hydrogens (tertiary/aromatic N) is 1. The van der Waals surface area contributed by atoms with Crippen molar-refractivity contribution in [1.29, 1.82) is 0 Å². The molecular weight excluding hydrogens is 290 g/mol. The van der Waals surface area contributed by atoms with E-state index >= 15 is 0 Å².